The summed E-state index contributed by atoms with van der Waals surface area (Å²) < 4.78 is 0. The lowest BCUT2D eigenvalue weighted by Crippen LogP contribution is -2.32. The van der Waals surface area contributed by atoms with Crippen LogP contribution in [0.3, 0.4) is 0 Å². The standard InChI is InChI=1S/C15H17N5O2S/c21-13(20-9-7-11-4-1-2-5-12(11)20)6-3-8-16-14(22)18-15-19-17-10-23-15/h1-2,4-5,10H,3,6-9H2,(H2,16,18,19,22). The first-order valence-electron chi connectivity index (χ1n) is 7.43. The number of benzene rings is 1. The number of amides is 3. The third kappa shape index (κ3) is 3.84. The lowest BCUT2D eigenvalue weighted by Gasteiger charge is -2.17. The number of aromatic nitrogens is 2. The van der Waals surface area contributed by atoms with Gasteiger partial charge in [-0.15, -0.1) is 10.2 Å². The van der Waals surface area contributed by atoms with Crippen LogP contribution >= 0.6 is 11.3 Å². The molecule has 0 fully saturated rings. The molecule has 2 N–H and O–H groups in total. The predicted molar refractivity (Wildman–Crippen MR) is 88.7 cm³/mol. The van der Waals surface area contributed by atoms with Gasteiger partial charge in [-0.3, -0.25) is 10.1 Å². The maximum Gasteiger partial charge on any atom is 0.321 e. The second-order valence-electron chi connectivity index (χ2n) is 5.15. The van der Waals surface area contributed by atoms with Crippen LogP contribution in [0.4, 0.5) is 15.6 Å². The van der Waals surface area contributed by atoms with Crippen molar-refractivity contribution in [3.8, 4) is 0 Å². The number of hydrogen-bond donors (Lipinski definition) is 2. The van der Waals surface area contributed by atoms with Crippen molar-refractivity contribution in [3.63, 3.8) is 0 Å². The summed E-state index contributed by atoms with van der Waals surface area (Å²) in [7, 11) is 0. The highest BCUT2D eigenvalue weighted by molar-refractivity contribution is 7.13. The Morgan fingerprint density at radius 2 is 2.17 bits per heavy atom. The number of hydrogen-bond acceptors (Lipinski definition) is 5. The smallest absolute Gasteiger partial charge is 0.321 e. The number of anilines is 2. The summed E-state index contributed by atoms with van der Waals surface area (Å²) >= 11 is 1.25. The zero-order valence-electron chi connectivity index (χ0n) is 12.5. The summed E-state index contributed by atoms with van der Waals surface area (Å²) in [6.07, 6.45) is 1.92. The molecule has 0 saturated heterocycles. The van der Waals surface area contributed by atoms with Crippen LogP contribution in [0.5, 0.6) is 0 Å². The fraction of sp³-hybridized carbons (Fsp3) is 0.333. The van der Waals surface area contributed by atoms with E-state index in [4.69, 9.17) is 0 Å². The highest BCUT2D eigenvalue weighted by Gasteiger charge is 2.23. The summed E-state index contributed by atoms with van der Waals surface area (Å²) in [6.45, 7) is 1.18. The SMILES string of the molecule is O=C(NCCCC(=O)N1CCc2ccccc21)Nc1nncs1. The van der Waals surface area contributed by atoms with Crippen molar-refractivity contribution in [1.82, 2.24) is 15.5 Å². The summed E-state index contributed by atoms with van der Waals surface area (Å²) in [5.74, 6) is 0.0984. The highest BCUT2D eigenvalue weighted by atomic mass is 32.1. The molecule has 1 aromatic carbocycles. The van der Waals surface area contributed by atoms with Gasteiger partial charge >= 0.3 is 6.03 Å². The van der Waals surface area contributed by atoms with Crippen molar-refractivity contribution in [2.24, 2.45) is 0 Å². The molecule has 0 unspecified atom stereocenters. The molecule has 1 aliphatic heterocycles. The Kier molecular flexibility index (Phi) is 4.82. The van der Waals surface area contributed by atoms with Gasteiger partial charge in [0.1, 0.15) is 5.51 Å². The lowest BCUT2D eigenvalue weighted by molar-refractivity contribution is -0.118. The number of fused-ring (bicyclic) bond motifs is 1. The van der Waals surface area contributed by atoms with Crippen LogP contribution in [0.25, 0.3) is 0 Å². The molecule has 0 bridgehead atoms. The zero-order valence-corrected chi connectivity index (χ0v) is 13.3. The molecule has 1 aromatic heterocycles. The Hall–Kier alpha value is -2.48. The predicted octanol–water partition coefficient (Wildman–Crippen LogP) is 2.03. The second-order valence-corrected chi connectivity index (χ2v) is 5.99. The first-order chi connectivity index (χ1) is 11.2. The molecule has 0 aliphatic carbocycles. The van der Waals surface area contributed by atoms with Crippen molar-refractivity contribution >= 4 is 34.1 Å². The molecular weight excluding hydrogens is 314 g/mol. The van der Waals surface area contributed by atoms with Crippen molar-refractivity contribution in [2.45, 2.75) is 19.3 Å². The van der Waals surface area contributed by atoms with Crippen LogP contribution in [0.1, 0.15) is 18.4 Å². The molecule has 0 spiro atoms. The minimum Gasteiger partial charge on any atom is -0.338 e. The van der Waals surface area contributed by atoms with E-state index in [1.807, 2.05) is 23.1 Å². The van der Waals surface area contributed by atoms with Crippen molar-refractivity contribution < 1.29 is 9.59 Å². The van der Waals surface area contributed by atoms with E-state index in [2.05, 4.69) is 26.9 Å². The molecule has 2 heterocycles. The third-order valence-electron chi connectivity index (χ3n) is 3.62. The monoisotopic (exact) mass is 331 g/mol. The molecule has 120 valence electrons. The number of carbonyl (C=O) groups excluding carboxylic acids is 2. The number of nitrogens with one attached hydrogen (secondary N) is 2. The van der Waals surface area contributed by atoms with Gasteiger partial charge in [-0.2, -0.15) is 0 Å². The van der Waals surface area contributed by atoms with Gasteiger partial charge in [0.15, 0.2) is 0 Å². The van der Waals surface area contributed by atoms with E-state index < -0.39 is 0 Å². The van der Waals surface area contributed by atoms with Gasteiger partial charge in [-0.1, -0.05) is 29.5 Å². The number of para-hydroxylation sites is 1. The number of carbonyl (C=O) groups is 2. The first kappa shape index (κ1) is 15.4. The van der Waals surface area contributed by atoms with Crippen molar-refractivity contribution in [1.29, 1.82) is 0 Å². The largest absolute Gasteiger partial charge is 0.338 e. The molecule has 0 radical (unpaired) electrons. The number of rotatable bonds is 5. The first-order valence-corrected chi connectivity index (χ1v) is 8.31. The Bertz CT molecular complexity index is 689. The molecule has 23 heavy (non-hydrogen) atoms. The minimum absolute atomic E-state index is 0.0984. The quantitative estimate of drug-likeness (QED) is 0.821. The maximum absolute atomic E-state index is 12.3. The molecule has 1 aliphatic rings. The zero-order chi connectivity index (χ0) is 16.1. The molecule has 3 rings (SSSR count). The topological polar surface area (TPSA) is 87.2 Å². The summed E-state index contributed by atoms with van der Waals surface area (Å²) in [6, 6.07) is 7.65. The fourth-order valence-electron chi connectivity index (χ4n) is 2.54. The van der Waals surface area contributed by atoms with E-state index in [1.165, 1.54) is 16.9 Å². The van der Waals surface area contributed by atoms with Crippen LogP contribution < -0.4 is 15.5 Å². The second kappa shape index (κ2) is 7.19. The molecular formula is C15H17N5O2S. The van der Waals surface area contributed by atoms with E-state index in [9.17, 15) is 9.59 Å². The molecule has 7 nitrogen and oxygen atoms in total. The van der Waals surface area contributed by atoms with E-state index in [0.717, 1.165) is 18.7 Å². The number of nitrogens with zero attached hydrogens (tertiary/aromatic N) is 3. The Morgan fingerprint density at radius 1 is 1.30 bits per heavy atom. The average molecular weight is 331 g/mol. The van der Waals surface area contributed by atoms with Gasteiger partial charge in [0.25, 0.3) is 0 Å². The molecule has 8 heteroatoms. The molecule has 2 aromatic rings. The summed E-state index contributed by atoms with van der Waals surface area (Å²) in [5.41, 5.74) is 3.78. The van der Waals surface area contributed by atoms with Crippen molar-refractivity contribution in [2.75, 3.05) is 23.3 Å². The van der Waals surface area contributed by atoms with Crippen LogP contribution in [-0.2, 0) is 11.2 Å². The highest BCUT2D eigenvalue weighted by Crippen LogP contribution is 2.27. The minimum atomic E-state index is -0.333. The fourth-order valence-corrected chi connectivity index (χ4v) is 2.98. The van der Waals surface area contributed by atoms with E-state index in [0.29, 0.717) is 24.5 Å². The van der Waals surface area contributed by atoms with Gasteiger partial charge < -0.3 is 10.2 Å². The Balaban J connectivity index is 1.39. The van der Waals surface area contributed by atoms with Crippen LogP contribution in [0.15, 0.2) is 29.8 Å². The lowest BCUT2D eigenvalue weighted by atomic mass is 10.2. The van der Waals surface area contributed by atoms with Crippen molar-refractivity contribution in [3.05, 3.63) is 35.3 Å². The van der Waals surface area contributed by atoms with Gasteiger partial charge in [0, 0.05) is 25.2 Å². The van der Waals surface area contributed by atoms with Crippen LogP contribution in [0, 0.1) is 0 Å². The maximum atomic E-state index is 12.3. The van der Waals surface area contributed by atoms with Gasteiger partial charge in [-0.25, -0.2) is 4.79 Å². The number of urea groups is 1. The van der Waals surface area contributed by atoms with E-state index >= 15 is 0 Å². The van der Waals surface area contributed by atoms with Gasteiger partial charge in [0.05, 0.1) is 0 Å². The summed E-state index contributed by atoms with van der Waals surface area (Å²) in [5, 5.41) is 13.1. The van der Waals surface area contributed by atoms with Gasteiger partial charge in [0.2, 0.25) is 11.0 Å². The third-order valence-corrected chi connectivity index (χ3v) is 4.23. The average Bonchev–Trinajstić information content (AvgIpc) is 3.20. The van der Waals surface area contributed by atoms with Gasteiger partial charge in [-0.05, 0) is 24.5 Å². The molecule has 0 saturated carbocycles. The van der Waals surface area contributed by atoms with Crippen LogP contribution in [0.2, 0.25) is 0 Å². The summed E-state index contributed by atoms with van der Waals surface area (Å²) in [4.78, 5) is 25.7. The van der Waals surface area contributed by atoms with E-state index in [-0.39, 0.29) is 11.9 Å². The van der Waals surface area contributed by atoms with E-state index in [1.54, 1.807) is 5.51 Å². The normalized spacial score (nSPS) is 12.8. The Labute approximate surface area is 137 Å². The molecule has 3 amide bonds. The molecule has 0 atom stereocenters. The Morgan fingerprint density at radius 3 is 3.00 bits per heavy atom. The van der Waals surface area contributed by atoms with Crippen LogP contribution in [-0.4, -0.2) is 35.2 Å².